The van der Waals surface area contributed by atoms with E-state index in [0.717, 1.165) is 13.2 Å². The van der Waals surface area contributed by atoms with Gasteiger partial charge in [-0.15, -0.1) is 0 Å². The second-order valence-electron chi connectivity index (χ2n) is 6.52. The fourth-order valence-electron chi connectivity index (χ4n) is 3.82. The maximum Gasteiger partial charge on any atom is 0.0589 e. The molecule has 0 amide bonds. The molecule has 1 aliphatic carbocycles. The highest BCUT2D eigenvalue weighted by Gasteiger charge is 2.48. The minimum Gasteiger partial charge on any atom is -0.396 e. The molecule has 1 fully saturated rings. The lowest BCUT2D eigenvalue weighted by atomic mass is 9.64. The molecule has 1 aromatic rings. The van der Waals surface area contributed by atoms with E-state index in [1.807, 2.05) is 0 Å². The van der Waals surface area contributed by atoms with E-state index in [4.69, 9.17) is 4.74 Å². The standard InChI is InChI=1S/C17H24O2/c1-12(2)16(9-18)17(10-19-11-17)15-7-6-13-4-3-5-14(13)8-15/h6-8,12,16,18H,3-5,9-11H2,1-2H3. The first kappa shape index (κ1) is 13.1. The predicted octanol–water partition coefficient (Wildman–Crippen LogP) is 2.71. The highest BCUT2D eigenvalue weighted by molar-refractivity contribution is 5.40. The molecule has 0 aromatic heterocycles. The molecule has 1 N–H and O–H groups in total. The van der Waals surface area contributed by atoms with E-state index >= 15 is 0 Å². The molecular weight excluding hydrogens is 236 g/mol. The van der Waals surface area contributed by atoms with E-state index in [-0.39, 0.29) is 12.0 Å². The summed E-state index contributed by atoms with van der Waals surface area (Å²) in [5, 5.41) is 9.80. The Hall–Kier alpha value is -0.860. The summed E-state index contributed by atoms with van der Waals surface area (Å²) in [4.78, 5) is 0. The molecule has 2 aliphatic rings. The molecular formula is C17H24O2. The first-order valence-corrected chi connectivity index (χ1v) is 7.48. The van der Waals surface area contributed by atoms with Gasteiger partial charge in [0.1, 0.15) is 0 Å². The van der Waals surface area contributed by atoms with Crippen LogP contribution in [0.3, 0.4) is 0 Å². The van der Waals surface area contributed by atoms with Crippen molar-refractivity contribution in [2.45, 2.75) is 38.5 Å². The molecule has 2 heteroatoms. The maximum absolute atomic E-state index is 9.80. The third kappa shape index (κ3) is 2.02. The van der Waals surface area contributed by atoms with Gasteiger partial charge in [0, 0.05) is 12.0 Å². The van der Waals surface area contributed by atoms with Gasteiger partial charge in [-0.1, -0.05) is 32.0 Å². The molecule has 0 spiro atoms. The van der Waals surface area contributed by atoms with E-state index < -0.39 is 0 Å². The Kier molecular flexibility index (Phi) is 3.40. The number of ether oxygens (including phenoxy) is 1. The highest BCUT2D eigenvalue weighted by Crippen LogP contribution is 2.43. The van der Waals surface area contributed by atoms with Crippen LogP contribution in [0.1, 0.15) is 37.0 Å². The molecule has 0 saturated carbocycles. The monoisotopic (exact) mass is 260 g/mol. The molecule has 2 nitrogen and oxygen atoms in total. The SMILES string of the molecule is CC(C)C(CO)C1(c2ccc3c(c2)CCC3)COC1. The molecule has 3 rings (SSSR count). The number of hydrogen-bond donors (Lipinski definition) is 1. The maximum atomic E-state index is 9.80. The molecule has 1 aliphatic heterocycles. The zero-order valence-corrected chi connectivity index (χ0v) is 12.0. The number of fused-ring (bicyclic) bond motifs is 1. The van der Waals surface area contributed by atoms with Crippen LogP contribution in [0.15, 0.2) is 18.2 Å². The second kappa shape index (κ2) is 4.92. The van der Waals surface area contributed by atoms with Crippen LogP contribution >= 0.6 is 0 Å². The first-order chi connectivity index (χ1) is 9.17. The lowest BCUT2D eigenvalue weighted by Gasteiger charge is -2.49. The first-order valence-electron chi connectivity index (χ1n) is 7.48. The normalized spacial score (nSPS) is 22.1. The van der Waals surface area contributed by atoms with E-state index in [1.54, 1.807) is 0 Å². The number of aliphatic hydroxyl groups excluding tert-OH is 1. The van der Waals surface area contributed by atoms with Gasteiger partial charge in [-0.05, 0) is 47.8 Å². The van der Waals surface area contributed by atoms with Crippen molar-refractivity contribution in [1.29, 1.82) is 0 Å². The zero-order chi connectivity index (χ0) is 13.5. The third-order valence-corrected chi connectivity index (χ3v) is 5.10. The summed E-state index contributed by atoms with van der Waals surface area (Å²) in [6.07, 6.45) is 3.73. The Labute approximate surface area is 115 Å². The lowest BCUT2D eigenvalue weighted by molar-refractivity contribution is -0.111. The lowest BCUT2D eigenvalue weighted by Crippen LogP contribution is -2.55. The van der Waals surface area contributed by atoms with Gasteiger partial charge in [0.2, 0.25) is 0 Å². The summed E-state index contributed by atoms with van der Waals surface area (Å²) in [7, 11) is 0. The quantitative estimate of drug-likeness (QED) is 0.902. The fraction of sp³-hybridized carbons (Fsp3) is 0.647. The van der Waals surface area contributed by atoms with Crippen LogP contribution in [0.2, 0.25) is 0 Å². The molecule has 1 heterocycles. The number of hydrogen-bond acceptors (Lipinski definition) is 2. The van der Waals surface area contributed by atoms with Crippen molar-refractivity contribution in [1.82, 2.24) is 0 Å². The average Bonchev–Trinajstić information content (AvgIpc) is 2.79. The van der Waals surface area contributed by atoms with Crippen LogP contribution in [0.4, 0.5) is 0 Å². The number of aliphatic hydroxyl groups is 1. The van der Waals surface area contributed by atoms with Crippen molar-refractivity contribution >= 4 is 0 Å². The van der Waals surface area contributed by atoms with Crippen LogP contribution in [0.25, 0.3) is 0 Å². The van der Waals surface area contributed by atoms with Gasteiger partial charge < -0.3 is 9.84 Å². The summed E-state index contributed by atoms with van der Waals surface area (Å²) in [5.41, 5.74) is 4.46. The van der Waals surface area contributed by atoms with Gasteiger partial charge in [-0.3, -0.25) is 0 Å². The van der Waals surface area contributed by atoms with Crippen molar-refractivity contribution in [3.8, 4) is 0 Å². The summed E-state index contributed by atoms with van der Waals surface area (Å²) >= 11 is 0. The molecule has 1 aromatic carbocycles. The summed E-state index contributed by atoms with van der Waals surface area (Å²) < 4.78 is 5.53. The summed E-state index contributed by atoms with van der Waals surface area (Å²) in [6.45, 7) is 6.17. The van der Waals surface area contributed by atoms with Crippen molar-refractivity contribution in [2.75, 3.05) is 19.8 Å². The van der Waals surface area contributed by atoms with Gasteiger partial charge in [0.15, 0.2) is 0 Å². The van der Waals surface area contributed by atoms with Crippen LogP contribution in [0.5, 0.6) is 0 Å². The van der Waals surface area contributed by atoms with Gasteiger partial charge in [-0.2, -0.15) is 0 Å². The number of aryl methyl sites for hydroxylation is 2. The number of benzene rings is 1. The minimum absolute atomic E-state index is 0.0422. The topological polar surface area (TPSA) is 29.5 Å². The van der Waals surface area contributed by atoms with Gasteiger partial charge >= 0.3 is 0 Å². The van der Waals surface area contributed by atoms with Crippen molar-refractivity contribution in [3.63, 3.8) is 0 Å². The molecule has 1 unspecified atom stereocenters. The van der Waals surface area contributed by atoms with E-state index in [1.165, 1.54) is 36.0 Å². The Morgan fingerprint density at radius 2 is 1.95 bits per heavy atom. The molecule has 19 heavy (non-hydrogen) atoms. The second-order valence-corrected chi connectivity index (χ2v) is 6.52. The largest absolute Gasteiger partial charge is 0.396 e. The highest BCUT2D eigenvalue weighted by atomic mass is 16.5. The van der Waals surface area contributed by atoms with E-state index in [2.05, 4.69) is 32.0 Å². The van der Waals surface area contributed by atoms with E-state index in [9.17, 15) is 5.11 Å². The Balaban J connectivity index is 1.97. The van der Waals surface area contributed by atoms with Crippen LogP contribution < -0.4 is 0 Å². The molecule has 1 saturated heterocycles. The summed E-state index contributed by atoms with van der Waals surface area (Å²) in [6, 6.07) is 6.96. The third-order valence-electron chi connectivity index (χ3n) is 5.10. The fourth-order valence-corrected chi connectivity index (χ4v) is 3.82. The number of rotatable bonds is 4. The van der Waals surface area contributed by atoms with Gasteiger partial charge in [0.05, 0.1) is 13.2 Å². The minimum atomic E-state index is 0.0422. The summed E-state index contributed by atoms with van der Waals surface area (Å²) in [5.74, 6) is 0.767. The van der Waals surface area contributed by atoms with Crippen molar-refractivity contribution < 1.29 is 9.84 Å². The predicted molar refractivity (Wildman–Crippen MR) is 76.4 cm³/mol. The zero-order valence-electron chi connectivity index (χ0n) is 12.0. The van der Waals surface area contributed by atoms with E-state index in [0.29, 0.717) is 11.8 Å². The van der Waals surface area contributed by atoms with Crippen LogP contribution in [0, 0.1) is 11.8 Å². The Morgan fingerprint density at radius 1 is 1.21 bits per heavy atom. The van der Waals surface area contributed by atoms with Gasteiger partial charge in [0.25, 0.3) is 0 Å². The Bertz CT molecular complexity index is 460. The molecule has 0 radical (unpaired) electrons. The smallest absolute Gasteiger partial charge is 0.0589 e. The molecule has 104 valence electrons. The van der Waals surface area contributed by atoms with Gasteiger partial charge in [-0.25, -0.2) is 0 Å². The van der Waals surface area contributed by atoms with Crippen LogP contribution in [-0.4, -0.2) is 24.9 Å². The van der Waals surface area contributed by atoms with Crippen molar-refractivity contribution in [2.24, 2.45) is 11.8 Å². The Morgan fingerprint density at radius 3 is 2.53 bits per heavy atom. The average molecular weight is 260 g/mol. The van der Waals surface area contributed by atoms with Crippen molar-refractivity contribution in [3.05, 3.63) is 34.9 Å². The molecule has 0 bridgehead atoms. The van der Waals surface area contributed by atoms with Crippen LogP contribution in [-0.2, 0) is 23.0 Å². The molecule has 1 atom stereocenters.